The van der Waals surface area contributed by atoms with Crippen molar-refractivity contribution in [1.29, 1.82) is 0 Å². The Morgan fingerprint density at radius 2 is 2.00 bits per heavy atom. The van der Waals surface area contributed by atoms with E-state index < -0.39 is 10.0 Å². The molecule has 0 unspecified atom stereocenters. The highest BCUT2D eigenvalue weighted by Crippen LogP contribution is 2.23. The predicted octanol–water partition coefficient (Wildman–Crippen LogP) is 1.28. The highest BCUT2D eigenvalue weighted by molar-refractivity contribution is 7.89. The van der Waals surface area contributed by atoms with Gasteiger partial charge in [0.05, 0.1) is 30.5 Å². The summed E-state index contributed by atoms with van der Waals surface area (Å²) < 4.78 is 32.7. The van der Waals surface area contributed by atoms with Crippen LogP contribution in [0, 0.1) is 0 Å². The molecule has 3 rings (SSSR count). The zero-order valence-corrected chi connectivity index (χ0v) is 16.3. The van der Waals surface area contributed by atoms with Crippen molar-refractivity contribution >= 4 is 10.0 Å². The Morgan fingerprint density at radius 3 is 2.62 bits per heavy atom. The second-order valence-corrected chi connectivity index (χ2v) is 9.71. The second kappa shape index (κ2) is 6.62. The third kappa shape index (κ3) is 3.59. The van der Waals surface area contributed by atoms with Crippen LogP contribution in [-0.2, 0) is 34.9 Å². The molecular formula is C17H24N4O4S. The summed E-state index contributed by atoms with van der Waals surface area (Å²) in [5.41, 5.74) is 0.771. The summed E-state index contributed by atoms with van der Waals surface area (Å²) in [6.45, 7) is 8.34. The molecule has 0 aliphatic carbocycles. The third-order valence-corrected chi connectivity index (χ3v) is 6.34. The molecule has 9 heteroatoms. The number of sulfonamides is 1. The predicted molar refractivity (Wildman–Crippen MR) is 96.4 cm³/mol. The van der Waals surface area contributed by atoms with Gasteiger partial charge in [0.2, 0.25) is 15.9 Å². The van der Waals surface area contributed by atoms with Gasteiger partial charge in [0.1, 0.15) is 12.3 Å². The first kappa shape index (κ1) is 18.8. The van der Waals surface area contributed by atoms with Crippen LogP contribution in [0.15, 0.2) is 21.7 Å². The van der Waals surface area contributed by atoms with Crippen LogP contribution in [0.3, 0.4) is 0 Å². The van der Waals surface area contributed by atoms with Gasteiger partial charge in [-0.25, -0.2) is 18.4 Å². The number of hydrogen-bond acceptors (Lipinski definition) is 6. The molecule has 0 aromatic carbocycles. The lowest BCUT2D eigenvalue weighted by Gasteiger charge is -2.26. The van der Waals surface area contributed by atoms with Crippen molar-refractivity contribution in [3.05, 3.63) is 45.8 Å². The Balaban J connectivity index is 1.85. The van der Waals surface area contributed by atoms with Crippen LogP contribution in [0.4, 0.5) is 0 Å². The fraction of sp³-hybridized carbons (Fsp3) is 0.588. The second-order valence-electron chi connectivity index (χ2n) is 7.46. The summed E-state index contributed by atoms with van der Waals surface area (Å²) in [5, 5.41) is 0. The minimum absolute atomic E-state index is 0.0413. The maximum atomic E-state index is 12.7. The quantitative estimate of drug-likeness (QED) is 0.792. The largest absolute Gasteiger partial charge is 0.443 e. The molecule has 8 nitrogen and oxygen atoms in total. The van der Waals surface area contributed by atoms with Gasteiger partial charge in [-0.2, -0.15) is 4.31 Å². The normalized spacial score (nSPS) is 15.8. The fourth-order valence-corrected chi connectivity index (χ4v) is 3.90. The molecule has 0 saturated heterocycles. The summed E-state index contributed by atoms with van der Waals surface area (Å²) in [6, 6.07) is 0. The first-order valence-corrected chi connectivity index (χ1v) is 10.2. The summed E-state index contributed by atoms with van der Waals surface area (Å²) in [4.78, 5) is 21.3. The molecule has 1 aliphatic rings. The molecule has 1 aliphatic heterocycles. The maximum absolute atomic E-state index is 12.7. The molecular weight excluding hydrogens is 356 g/mol. The first-order valence-electron chi connectivity index (χ1n) is 8.62. The molecule has 2 aromatic heterocycles. The van der Waals surface area contributed by atoms with Crippen LogP contribution in [-0.4, -0.2) is 39.6 Å². The van der Waals surface area contributed by atoms with Crippen molar-refractivity contribution < 1.29 is 12.8 Å². The van der Waals surface area contributed by atoms with Crippen molar-refractivity contribution in [2.75, 3.05) is 12.3 Å². The number of rotatable bonds is 4. The zero-order chi connectivity index (χ0) is 19.1. The molecule has 0 bridgehead atoms. The van der Waals surface area contributed by atoms with E-state index in [-0.39, 0.29) is 29.8 Å². The van der Waals surface area contributed by atoms with Gasteiger partial charge in [-0.05, 0) is 13.3 Å². The maximum Gasteiger partial charge on any atom is 0.257 e. The Hall–Kier alpha value is -2.00. The topological polar surface area (TPSA) is 98.3 Å². The fourth-order valence-electron chi connectivity index (χ4n) is 2.85. The minimum atomic E-state index is -3.29. The smallest absolute Gasteiger partial charge is 0.257 e. The van der Waals surface area contributed by atoms with Gasteiger partial charge in [-0.3, -0.25) is 9.36 Å². The van der Waals surface area contributed by atoms with Gasteiger partial charge in [-0.1, -0.05) is 20.8 Å². The summed E-state index contributed by atoms with van der Waals surface area (Å²) in [5.74, 6) is 1.25. The van der Waals surface area contributed by atoms with Gasteiger partial charge >= 0.3 is 0 Å². The van der Waals surface area contributed by atoms with Crippen molar-refractivity contribution in [2.24, 2.45) is 0 Å². The highest BCUT2D eigenvalue weighted by atomic mass is 32.2. The van der Waals surface area contributed by atoms with Crippen molar-refractivity contribution in [3.63, 3.8) is 0 Å². The van der Waals surface area contributed by atoms with Crippen molar-refractivity contribution in [2.45, 2.75) is 52.6 Å². The van der Waals surface area contributed by atoms with Crippen LogP contribution >= 0.6 is 0 Å². The molecule has 0 saturated carbocycles. The molecule has 0 fully saturated rings. The Kier molecular flexibility index (Phi) is 4.78. The molecule has 26 heavy (non-hydrogen) atoms. The van der Waals surface area contributed by atoms with Crippen LogP contribution < -0.4 is 5.56 Å². The average molecular weight is 380 g/mol. The average Bonchev–Trinajstić information content (AvgIpc) is 3.06. The van der Waals surface area contributed by atoms with E-state index in [0.29, 0.717) is 30.1 Å². The van der Waals surface area contributed by atoms with E-state index in [0.717, 1.165) is 5.76 Å². The molecule has 0 atom stereocenters. The van der Waals surface area contributed by atoms with Gasteiger partial charge in [0, 0.05) is 17.5 Å². The number of hydrogen-bond donors (Lipinski definition) is 0. The Labute approximate surface area is 152 Å². The molecule has 142 valence electrons. The minimum Gasteiger partial charge on any atom is -0.443 e. The molecule has 0 radical (unpaired) electrons. The number of oxazole rings is 1. The highest BCUT2D eigenvalue weighted by Gasteiger charge is 2.28. The van der Waals surface area contributed by atoms with Gasteiger partial charge < -0.3 is 4.42 Å². The summed E-state index contributed by atoms with van der Waals surface area (Å²) in [7, 11) is -3.29. The van der Waals surface area contributed by atoms with Crippen LogP contribution in [0.5, 0.6) is 0 Å². The van der Waals surface area contributed by atoms with Crippen molar-refractivity contribution in [1.82, 2.24) is 18.8 Å². The SMILES string of the molecule is CCS(=O)(=O)N1CCc2c(ncn(Cc3ncc(C(C)(C)C)o3)c2=O)C1. The molecule has 0 amide bonds. The van der Waals surface area contributed by atoms with Crippen LogP contribution in [0.1, 0.15) is 50.6 Å². The van der Waals surface area contributed by atoms with Gasteiger partial charge in [0.15, 0.2) is 0 Å². The summed E-state index contributed by atoms with van der Waals surface area (Å²) >= 11 is 0. The Bertz CT molecular complexity index is 969. The van der Waals surface area contributed by atoms with E-state index in [2.05, 4.69) is 9.97 Å². The Morgan fingerprint density at radius 1 is 1.27 bits per heavy atom. The molecule has 0 N–H and O–H groups in total. The van der Waals surface area contributed by atoms with E-state index in [4.69, 9.17) is 4.42 Å². The van der Waals surface area contributed by atoms with E-state index in [1.165, 1.54) is 15.2 Å². The monoisotopic (exact) mass is 380 g/mol. The first-order chi connectivity index (χ1) is 12.1. The third-order valence-electron chi connectivity index (χ3n) is 4.51. The van der Waals surface area contributed by atoms with E-state index >= 15 is 0 Å². The lowest BCUT2D eigenvalue weighted by molar-refractivity contribution is 0.369. The van der Waals surface area contributed by atoms with Gasteiger partial charge in [0.25, 0.3) is 5.56 Å². The lowest BCUT2D eigenvalue weighted by atomic mass is 9.94. The van der Waals surface area contributed by atoms with E-state index in [1.807, 2.05) is 20.8 Å². The van der Waals surface area contributed by atoms with E-state index in [9.17, 15) is 13.2 Å². The van der Waals surface area contributed by atoms with Crippen LogP contribution in [0.2, 0.25) is 0 Å². The number of aromatic nitrogens is 3. The zero-order valence-electron chi connectivity index (χ0n) is 15.5. The lowest BCUT2D eigenvalue weighted by Crippen LogP contribution is -2.41. The van der Waals surface area contributed by atoms with E-state index in [1.54, 1.807) is 13.1 Å². The standard InChI is InChI=1S/C17H24N4O4S/c1-5-26(23,24)21-7-6-12-13(9-21)19-11-20(16(12)22)10-15-18-8-14(25-15)17(2,3)4/h8,11H,5-7,9-10H2,1-4H3. The number of nitrogens with zero attached hydrogens (tertiary/aromatic N) is 4. The molecule has 3 heterocycles. The molecule has 0 spiro atoms. The number of fused-ring (bicyclic) bond motifs is 1. The summed E-state index contributed by atoms with van der Waals surface area (Å²) in [6.07, 6.45) is 3.48. The van der Waals surface area contributed by atoms with Crippen LogP contribution in [0.25, 0.3) is 0 Å². The van der Waals surface area contributed by atoms with Crippen molar-refractivity contribution in [3.8, 4) is 0 Å². The van der Waals surface area contributed by atoms with Gasteiger partial charge in [-0.15, -0.1) is 0 Å². The molecule has 2 aromatic rings.